The van der Waals surface area contributed by atoms with Crippen molar-refractivity contribution < 1.29 is 79.9 Å². The first kappa shape index (κ1) is 27.4. The van der Waals surface area contributed by atoms with E-state index in [1.807, 2.05) is 0 Å². The Kier molecular flexibility index (Phi) is 6.53. The second-order valence-electron chi connectivity index (χ2n) is 9.11. The second-order valence-corrected chi connectivity index (χ2v) is 9.11. The number of hydrogen-bond acceptors (Lipinski definition) is 16. The number of aliphatic hydroxyl groups is 2. The molecular formula is C25H22O16. The predicted molar refractivity (Wildman–Crippen MR) is 129 cm³/mol. The predicted octanol–water partition coefficient (Wildman–Crippen LogP) is 0.147. The lowest BCUT2D eigenvalue weighted by atomic mass is 9.97. The average molecular weight is 578 g/mol. The fourth-order valence-electron chi connectivity index (χ4n) is 4.48. The van der Waals surface area contributed by atoms with Crippen LogP contribution in [0.25, 0.3) is 11.1 Å². The number of esters is 1. The van der Waals surface area contributed by atoms with Gasteiger partial charge in [-0.1, -0.05) is 0 Å². The molecule has 0 bridgehead atoms. The third-order valence-electron chi connectivity index (χ3n) is 6.53. The van der Waals surface area contributed by atoms with Gasteiger partial charge in [0.2, 0.25) is 11.5 Å². The van der Waals surface area contributed by atoms with Crippen LogP contribution in [0.2, 0.25) is 0 Å². The summed E-state index contributed by atoms with van der Waals surface area (Å²) in [5, 5.41) is 112. The number of carbonyl (C=O) groups is 1. The molecule has 5 atom stereocenters. The van der Waals surface area contributed by atoms with E-state index in [1.165, 1.54) is 0 Å². The number of aliphatic hydroxyl groups excluding tert-OH is 2. The third-order valence-corrected chi connectivity index (χ3v) is 6.53. The first-order valence-electron chi connectivity index (χ1n) is 11.6. The molecule has 41 heavy (non-hydrogen) atoms. The van der Waals surface area contributed by atoms with E-state index in [0.717, 1.165) is 24.3 Å². The van der Waals surface area contributed by atoms with E-state index in [4.69, 9.17) is 18.9 Å². The van der Waals surface area contributed by atoms with Gasteiger partial charge in [0.1, 0.15) is 30.3 Å². The first-order chi connectivity index (χ1) is 19.3. The third kappa shape index (κ3) is 4.45. The van der Waals surface area contributed by atoms with Crippen LogP contribution < -0.4 is 9.47 Å². The molecule has 0 saturated carbocycles. The molecule has 1 saturated heterocycles. The molecule has 5 rings (SSSR count). The quantitative estimate of drug-likeness (QED) is 0.143. The number of hydrogen-bond donors (Lipinski definition) is 11. The minimum absolute atomic E-state index is 0.406. The fraction of sp³-hybridized carbons (Fsp3) is 0.240. The zero-order valence-electron chi connectivity index (χ0n) is 20.4. The molecule has 2 aliphatic rings. The molecule has 0 spiro atoms. The fourth-order valence-corrected chi connectivity index (χ4v) is 4.48. The number of fused-ring (bicyclic) bond motifs is 4. The van der Waals surface area contributed by atoms with Crippen LogP contribution in [-0.2, 0) is 9.47 Å². The Hall–Kier alpha value is -5.19. The van der Waals surface area contributed by atoms with E-state index in [1.54, 1.807) is 0 Å². The summed E-state index contributed by atoms with van der Waals surface area (Å²) >= 11 is 0. The van der Waals surface area contributed by atoms with Gasteiger partial charge in [-0.3, -0.25) is 0 Å². The maximum atomic E-state index is 12.9. The van der Waals surface area contributed by atoms with Crippen LogP contribution in [0.4, 0.5) is 0 Å². The molecule has 0 aliphatic carbocycles. The molecule has 16 nitrogen and oxygen atoms in total. The molecule has 1 unspecified atom stereocenters. The van der Waals surface area contributed by atoms with Crippen LogP contribution in [0, 0.1) is 0 Å². The van der Waals surface area contributed by atoms with E-state index in [0.29, 0.717) is 0 Å². The Morgan fingerprint density at radius 3 is 1.80 bits per heavy atom. The molecule has 0 amide bonds. The van der Waals surface area contributed by atoms with Crippen molar-refractivity contribution in [2.45, 2.75) is 30.7 Å². The summed E-state index contributed by atoms with van der Waals surface area (Å²) in [6.07, 6.45) is -8.92. The van der Waals surface area contributed by atoms with Gasteiger partial charge in [-0.05, 0) is 12.1 Å². The Morgan fingerprint density at radius 1 is 0.707 bits per heavy atom. The van der Waals surface area contributed by atoms with E-state index in [2.05, 4.69) is 0 Å². The standard InChI is InChI=1S/C25H22O16/c26-7-1-6(2-8(27)16(7)30)24(36)41-23-21(35)25(37)40-13-5-38-11-3-9(28)17(31)19(33)14(11)15-12(39-22(13)23)4-10(29)18(32)20(15)34/h1-4,13,21-23,25-35,37H,5H2/t13-,21-,22-,23-,25?/m1/s1. The van der Waals surface area contributed by atoms with Crippen molar-refractivity contribution in [2.24, 2.45) is 0 Å². The van der Waals surface area contributed by atoms with Crippen molar-refractivity contribution in [1.29, 1.82) is 0 Å². The summed E-state index contributed by atoms with van der Waals surface area (Å²) in [5.74, 6) is -10.9. The van der Waals surface area contributed by atoms with Gasteiger partial charge in [0.25, 0.3) is 0 Å². The molecule has 2 heterocycles. The monoisotopic (exact) mass is 578 g/mol. The number of rotatable bonds is 2. The number of ether oxygens (including phenoxy) is 4. The largest absolute Gasteiger partial charge is 0.504 e. The Labute approximate surface area is 227 Å². The highest BCUT2D eigenvalue weighted by atomic mass is 16.7. The first-order valence-corrected chi connectivity index (χ1v) is 11.6. The lowest BCUT2D eigenvalue weighted by molar-refractivity contribution is -0.279. The van der Waals surface area contributed by atoms with E-state index >= 15 is 0 Å². The lowest BCUT2D eigenvalue weighted by Crippen LogP contribution is -2.62. The van der Waals surface area contributed by atoms with Gasteiger partial charge in [0.05, 0.1) is 16.7 Å². The van der Waals surface area contributed by atoms with Gasteiger partial charge in [-0.15, -0.1) is 0 Å². The molecule has 16 heteroatoms. The van der Waals surface area contributed by atoms with E-state index in [9.17, 15) is 61.0 Å². The maximum Gasteiger partial charge on any atom is 0.338 e. The van der Waals surface area contributed by atoms with Crippen LogP contribution in [0.15, 0.2) is 24.3 Å². The van der Waals surface area contributed by atoms with Crippen molar-refractivity contribution in [1.82, 2.24) is 0 Å². The minimum Gasteiger partial charge on any atom is -0.504 e. The van der Waals surface area contributed by atoms with Crippen molar-refractivity contribution in [2.75, 3.05) is 6.61 Å². The molecule has 0 aromatic heterocycles. The normalized spacial score (nSPS) is 23.3. The number of aromatic hydroxyl groups is 9. The van der Waals surface area contributed by atoms with Crippen LogP contribution in [-0.4, -0.2) is 99.5 Å². The molecular weight excluding hydrogens is 556 g/mol. The molecule has 2 aliphatic heterocycles. The molecule has 0 radical (unpaired) electrons. The average Bonchev–Trinajstić information content (AvgIpc) is 2.98. The van der Waals surface area contributed by atoms with Gasteiger partial charge >= 0.3 is 5.97 Å². The molecule has 3 aromatic rings. The van der Waals surface area contributed by atoms with Crippen molar-refractivity contribution in [3.63, 3.8) is 0 Å². The SMILES string of the molecule is O=C(O[C@H]1[C@@H]2Oc3cc(O)c(O)c(O)c3-c3c(cc(O)c(O)c3O)OC[C@H]2OC(O)[C@@H]1O)c1cc(O)c(O)c(O)c1. The van der Waals surface area contributed by atoms with Crippen LogP contribution >= 0.6 is 0 Å². The summed E-state index contributed by atoms with van der Waals surface area (Å²) in [5.41, 5.74) is -1.60. The summed E-state index contributed by atoms with van der Waals surface area (Å²) in [6.45, 7) is -0.605. The summed E-state index contributed by atoms with van der Waals surface area (Å²) < 4.78 is 22.2. The number of benzene rings is 3. The summed E-state index contributed by atoms with van der Waals surface area (Å²) in [4.78, 5) is 12.9. The highest BCUT2D eigenvalue weighted by Crippen LogP contribution is 2.57. The molecule has 218 valence electrons. The van der Waals surface area contributed by atoms with Gasteiger partial charge in [-0.2, -0.15) is 0 Å². The highest BCUT2D eigenvalue weighted by molar-refractivity contribution is 5.92. The van der Waals surface area contributed by atoms with Crippen molar-refractivity contribution in [3.05, 3.63) is 29.8 Å². The lowest BCUT2D eigenvalue weighted by Gasteiger charge is -2.42. The van der Waals surface area contributed by atoms with Gasteiger partial charge in [0.15, 0.2) is 58.7 Å². The Morgan fingerprint density at radius 2 is 1.22 bits per heavy atom. The summed E-state index contributed by atoms with van der Waals surface area (Å²) in [6, 6.07) is 3.10. The van der Waals surface area contributed by atoms with E-state index in [-0.39, 0.29) is 0 Å². The zero-order chi connectivity index (χ0) is 29.9. The zero-order valence-corrected chi connectivity index (χ0v) is 20.4. The number of carbonyl (C=O) groups excluding carboxylic acids is 1. The molecule has 3 aromatic carbocycles. The maximum absolute atomic E-state index is 12.9. The minimum atomic E-state index is -2.01. The van der Waals surface area contributed by atoms with Crippen LogP contribution in [0.5, 0.6) is 63.2 Å². The smallest absolute Gasteiger partial charge is 0.338 e. The number of phenolic OH excluding ortho intramolecular Hbond substituents is 9. The van der Waals surface area contributed by atoms with Gasteiger partial charge < -0.3 is 75.1 Å². The molecule has 11 N–H and O–H groups in total. The van der Waals surface area contributed by atoms with Crippen LogP contribution in [0.1, 0.15) is 10.4 Å². The van der Waals surface area contributed by atoms with Crippen molar-refractivity contribution >= 4 is 5.97 Å². The van der Waals surface area contributed by atoms with Crippen molar-refractivity contribution in [3.8, 4) is 74.4 Å². The Balaban J connectivity index is 1.64. The second kappa shape index (κ2) is 9.77. The summed E-state index contributed by atoms with van der Waals surface area (Å²) in [7, 11) is 0. The molecule has 1 fully saturated rings. The van der Waals surface area contributed by atoms with Crippen LogP contribution in [0.3, 0.4) is 0 Å². The van der Waals surface area contributed by atoms with Gasteiger partial charge in [0, 0.05) is 12.1 Å². The Bertz CT molecular complexity index is 1530. The van der Waals surface area contributed by atoms with E-state index < -0.39 is 123 Å². The number of phenols is 9. The van der Waals surface area contributed by atoms with Gasteiger partial charge in [-0.25, -0.2) is 4.79 Å². The highest BCUT2D eigenvalue weighted by Gasteiger charge is 2.50. The topological polar surface area (TPSA) is 277 Å².